The molecule has 0 bridgehead atoms. The fourth-order valence-corrected chi connectivity index (χ4v) is 1.61. The van der Waals surface area contributed by atoms with Crippen LogP contribution in [0, 0.1) is 13.8 Å². The van der Waals surface area contributed by atoms with Crippen LogP contribution >= 0.6 is 0 Å². The summed E-state index contributed by atoms with van der Waals surface area (Å²) in [5.41, 5.74) is 1.71. The molecule has 0 atom stereocenters. The third-order valence-electron chi connectivity index (χ3n) is 2.45. The van der Waals surface area contributed by atoms with Gasteiger partial charge in [-0.05, 0) is 13.8 Å². The van der Waals surface area contributed by atoms with Gasteiger partial charge in [0.1, 0.15) is 11.5 Å². The molecule has 2 rings (SSSR count). The monoisotopic (exact) mass is 248 g/mol. The summed E-state index contributed by atoms with van der Waals surface area (Å²) >= 11 is 0. The summed E-state index contributed by atoms with van der Waals surface area (Å²) < 4.78 is 10.2. The predicted molar refractivity (Wildman–Crippen MR) is 66.7 cm³/mol. The van der Waals surface area contributed by atoms with Crippen molar-refractivity contribution in [1.29, 1.82) is 0 Å². The van der Waals surface area contributed by atoms with Crippen molar-refractivity contribution in [3.05, 3.63) is 29.3 Å². The smallest absolute Gasteiger partial charge is 0.228 e. The van der Waals surface area contributed by atoms with Crippen LogP contribution in [0.25, 0.3) is 0 Å². The van der Waals surface area contributed by atoms with Gasteiger partial charge in [-0.3, -0.25) is 0 Å². The van der Waals surface area contributed by atoms with Gasteiger partial charge in [0.2, 0.25) is 11.8 Å². The number of hydrogen-bond acceptors (Lipinski definition) is 6. The van der Waals surface area contributed by atoms with Crippen molar-refractivity contribution in [2.45, 2.75) is 20.4 Å². The van der Waals surface area contributed by atoms with E-state index in [0.29, 0.717) is 18.4 Å². The lowest BCUT2D eigenvalue weighted by Gasteiger charge is -2.16. The number of methoxy groups -OCH3 is 1. The van der Waals surface area contributed by atoms with Crippen LogP contribution in [-0.2, 0) is 6.54 Å². The fourth-order valence-electron chi connectivity index (χ4n) is 1.61. The van der Waals surface area contributed by atoms with E-state index in [4.69, 9.17) is 9.26 Å². The van der Waals surface area contributed by atoms with Gasteiger partial charge >= 0.3 is 0 Å². The molecule has 0 spiro atoms. The number of hydrogen-bond donors (Lipinski definition) is 0. The average Bonchev–Trinajstić information content (AvgIpc) is 2.73. The number of ether oxygens (including phenoxy) is 1. The van der Waals surface area contributed by atoms with E-state index in [-0.39, 0.29) is 0 Å². The number of aromatic nitrogens is 3. The van der Waals surface area contributed by atoms with Crippen molar-refractivity contribution >= 4 is 5.95 Å². The Labute approximate surface area is 106 Å². The zero-order valence-corrected chi connectivity index (χ0v) is 11.0. The van der Waals surface area contributed by atoms with Crippen LogP contribution in [0.1, 0.15) is 17.1 Å². The lowest BCUT2D eigenvalue weighted by Crippen LogP contribution is -2.19. The normalized spacial score (nSPS) is 10.4. The molecule has 0 saturated heterocycles. The summed E-state index contributed by atoms with van der Waals surface area (Å²) in [6, 6.07) is 3.68. The van der Waals surface area contributed by atoms with Gasteiger partial charge in [-0.1, -0.05) is 5.16 Å². The molecule has 0 aliphatic rings. The van der Waals surface area contributed by atoms with E-state index in [0.717, 1.165) is 17.1 Å². The average molecular weight is 248 g/mol. The van der Waals surface area contributed by atoms with E-state index in [9.17, 15) is 0 Å². The number of nitrogens with zero attached hydrogens (tertiary/aromatic N) is 4. The van der Waals surface area contributed by atoms with E-state index in [2.05, 4.69) is 15.1 Å². The summed E-state index contributed by atoms with van der Waals surface area (Å²) in [6.07, 6.45) is 0. The third kappa shape index (κ3) is 2.77. The number of anilines is 1. The van der Waals surface area contributed by atoms with Crippen molar-refractivity contribution in [1.82, 2.24) is 15.1 Å². The van der Waals surface area contributed by atoms with Crippen LogP contribution < -0.4 is 9.64 Å². The summed E-state index contributed by atoms with van der Waals surface area (Å²) in [7, 11) is 3.49. The molecule has 0 amide bonds. The number of aryl methyl sites for hydroxylation is 2. The predicted octanol–water partition coefficient (Wildman–Crippen LogP) is 1.73. The highest BCUT2D eigenvalue weighted by atomic mass is 16.5. The van der Waals surface area contributed by atoms with E-state index in [1.807, 2.05) is 31.9 Å². The quantitative estimate of drug-likeness (QED) is 0.821. The maximum atomic E-state index is 5.13. The van der Waals surface area contributed by atoms with Gasteiger partial charge in [-0.25, -0.2) is 4.98 Å². The second-order valence-corrected chi connectivity index (χ2v) is 4.14. The zero-order valence-electron chi connectivity index (χ0n) is 11.0. The molecule has 6 nitrogen and oxygen atoms in total. The Hall–Kier alpha value is -2.11. The lowest BCUT2D eigenvalue weighted by molar-refractivity contribution is 0.389. The van der Waals surface area contributed by atoms with Gasteiger partial charge in [0.15, 0.2) is 0 Å². The Bertz CT molecular complexity index is 539. The first-order valence-corrected chi connectivity index (χ1v) is 5.61. The molecular formula is C12H16N4O2. The second-order valence-electron chi connectivity index (χ2n) is 4.14. The minimum absolute atomic E-state index is 0.556. The molecule has 0 aliphatic heterocycles. The maximum Gasteiger partial charge on any atom is 0.228 e. The molecule has 0 aliphatic carbocycles. The summed E-state index contributed by atoms with van der Waals surface area (Å²) in [6.45, 7) is 4.36. The molecule has 0 aromatic carbocycles. The highest BCUT2D eigenvalue weighted by Crippen LogP contribution is 2.16. The first-order valence-electron chi connectivity index (χ1n) is 5.61. The van der Waals surface area contributed by atoms with Crippen LogP contribution in [0.3, 0.4) is 0 Å². The van der Waals surface area contributed by atoms with Crippen molar-refractivity contribution in [2.24, 2.45) is 0 Å². The zero-order chi connectivity index (χ0) is 13.1. The standard InChI is InChI=1S/C12H16N4O2/c1-8-5-11(17-4)14-12(13-8)16(3)7-10-6-9(2)18-15-10/h5-6H,7H2,1-4H3. The molecule has 0 unspecified atom stereocenters. The molecular weight excluding hydrogens is 232 g/mol. The van der Waals surface area contributed by atoms with Crippen LogP contribution in [0.15, 0.2) is 16.7 Å². The maximum absolute atomic E-state index is 5.13. The molecule has 2 aromatic heterocycles. The van der Waals surface area contributed by atoms with Gasteiger partial charge in [0, 0.05) is 24.9 Å². The lowest BCUT2D eigenvalue weighted by atomic mass is 10.3. The van der Waals surface area contributed by atoms with E-state index >= 15 is 0 Å². The van der Waals surface area contributed by atoms with Crippen LogP contribution in [0.4, 0.5) is 5.95 Å². The van der Waals surface area contributed by atoms with Crippen molar-refractivity contribution in [3.63, 3.8) is 0 Å². The Kier molecular flexibility index (Phi) is 3.45. The summed E-state index contributed by atoms with van der Waals surface area (Å²) in [4.78, 5) is 10.5. The summed E-state index contributed by atoms with van der Waals surface area (Å²) in [5.74, 6) is 1.95. The van der Waals surface area contributed by atoms with E-state index < -0.39 is 0 Å². The van der Waals surface area contributed by atoms with Crippen molar-refractivity contribution < 1.29 is 9.26 Å². The van der Waals surface area contributed by atoms with Crippen molar-refractivity contribution in [3.8, 4) is 5.88 Å². The molecule has 96 valence electrons. The van der Waals surface area contributed by atoms with E-state index in [1.165, 1.54) is 0 Å². The topological polar surface area (TPSA) is 64.3 Å². The molecule has 0 radical (unpaired) electrons. The third-order valence-corrected chi connectivity index (χ3v) is 2.45. The Morgan fingerprint density at radius 2 is 2.06 bits per heavy atom. The second kappa shape index (κ2) is 5.03. The molecule has 2 heterocycles. The SMILES string of the molecule is COc1cc(C)nc(N(C)Cc2cc(C)on2)n1. The van der Waals surface area contributed by atoms with Gasteiger partial charge in [0.05, 0.1) is 13.7 Å². The summed E-state index contributed by atoms with van der Waals surface area (Å²) in [5, 5.41) is 3.94. The number of rotatable bonds is 4. The molecule has 0 fully saturated rings. The molecule has 6 heteroatoms. The van der Waals surface area contributed by atoms with Crippen LogP contribution in [0.2, 0.25) is 0 Å². The largest absolute Gasteiger partial charge is 0.481 e. The minimum atomic E-state index is 0.556. The van der Waals surface area contributed by atoms with Gasteiger partial charge < -0.3 is 14.2 Å². The van der Waals surface area contributed by atoms with Gasteiger partial charge in [-0.2, -0.15) is 4.98 Å². The highest BCUT2D eigenvalue weighted by molar-refractivity contribution is 5.33. The molecule has 2 aromatic rings. The molecule has 0 saturated carbocycles. The highest BCUT2D eigenvalue weighted by Gasteiger charge is 2.10. The minimum Gasteiger partial charge on any atom is -0.481 e. The Morgan fingerprint density at radius 3 is 2.67 bits per heavy atom. The van der Waals surface area contributed by atoms with Crippen LogP contribution in [0.5, 0.6) is 5.88 Å². The molecule has 0 N–H and O–H groups in total. The van der Waals surface area contributed by atoms with E-state index in [1.54, 1.807) is 13.2 Å². The fraction of sp³-hybridized carbons (Fsp3) is 0.417. The Morgan fingerprint density at radius 1 is 1.28 bits per heavy atom. The first-order chi connectivity index (χ1) is 8.58. The first kappa shape index (κ1) is 12.3. The van der Waals surface area contributed by atoms with Gasteiger partial charge in [0.25, 0.3) is 0 Å². The van der Waals surface area contributed by atoms with Crippen LogP contribution in [-0.4, -0.2) is 29.3 Å². The van der Waals surface area contributed by atoms with Crippen molar-refractivity contribution in [2.75, 3.05) is 19.1 Å². The van der Waals surface area contributed by atoms with Gasteiger partial charge in [-0.15, -0.1) is 0 Å². The Balaban J connectivity index is 2.17. The molecule has 18 heavy (non-hydrogen) atoms.